The monoisotopic (exact) mass is 423 g/mol. The molecule has 2 N–H and O–H groups in total. The third-order valence-electron chi connectivity index (χ3n) is 4.39. The molecule has 0 saturated heterocycles. The fraction of sp³-hybridized carbons (Fsp3) is 0.261. The molecular formula is C23H25N3O5. The van der Waals surface area contributed by atoms with E-state index in [2.05, 4.69) is 15.8 Å². The number of hydrogen-bond acceptors (Lipinski definition) is 6. The molecule has 0 saturated carbocycles. The summed E-state index contributed by atoms with van der Waals surface area (Å²) in [4.78, 5) is 24.3. The maximum Gasteiger partial charge on any atom is 0.273 e. The van der Waals surface area contributed by atoms with Crippen LogP contribution in [0, 0.1) is 0 Å². The van der Waals surface area contributed by atoms with Crippen molar-refractivity contribution in [1.29, 1.82) is 0 Å². The number of carbonyl (C=O) groups excluding carboxylic acids is 2. The number of benzene rings is 2. The van der Waals surface area contributed by atoms with Crippen LogP contribution in [-0.4, -0.2) is 37.2 Å². The number of aromatic nitrogens is 1. The highest BCUT2D eigenvalue weighted by atomic mass is 16.5. The lowest BCUT2D eigenvalue weighted by molar-refractivity contribution is -0.120. The third-order valence-corrected chi connectivity index (χ3v) is 4.39. The largest absolute Gasteiger partial charge is 0.493 e. The Morgan fingerprint density at radius 3 is 2.58 bits per heavy atom. The summed E-state index contributed by atoms with van der Waals surface area (Å²) in [5.41, 5.74) is 1.77. The molecule has 0 bridgehead atoms. The Bertz CT molecular complexity index is 1020. The average Bonchev–Trinajstić information content (AvgIpc) is 3.31. The van der Waals surface area contributed by atoms with Crippen molar-refractivity contribution in [2.45, 2.75) is 19.9 Å². The zero-order valence-electron chi connectivity index (χ0n) is 17.5. The zero-order chi connectivity index (χ0) is 22.1. The zero-order valence-corrected chi connectivity index (χ0v) is 17.5. The highest BCUT2D eigenvalue weighted by Crippen LogP contribution is 2.28. The number of carbonyl (C=O) groups is 2. The minimum atomic E-state index is -0.486. The SMILES string of the molecule is CCCOc1ccc(CNC(=O)CNC(=O)c2cc(-c3ccccc3)on2)cc1OC. The highest BCUT2D eigenvalue weighted by Gasteiger charge is 2.14. The van der Waals surface area contributed by atoms with Gasteiger partial charge >= 0.3 is 0 Å². The van der Waals surface area contributed by atoms with Gasteiger partial charge in [-0.25, -0.2) is 0 Å². The van der Waals surface area contributed by atoms with E-state index >= 15 is 0 Å². The van der Waals surface area contributed by atoms with Crippen LogP contribution in [0.1, 0.15) is 29.4 Å². The van der Waals surface area contributed by atoms with Crippen LogP contribution in [0.3, 0.4) is 0 Å². The number of nitrogens with one attached hydrogen (secondary N) is 2. The maximum atomic E-state index is 12.2. The fourth-order valence-corrected chi connectivity index (χ4v) is 2.79. The van der Waals surface area contributed by atoms with Crippen molar-refractivity contribution in [3.05, 3.63) is 65.9 Å². The number of nitrogens with zero attached hydrogens (tertiary/aromatic N) is 1. The summed E-state index contributed by atoms with van der Waals surface area (Å²) in [5.74, 6) is 0.934. The van der Waals surface area contributed by atoms with E-state index in [-0.39, 0.29) is 18.1 Å². The lowest BCUT2D eigenvalue weighted by atomic mass is 10.1. The first kappa shape index (κ1) is 21.9. The molecule has 3 rings (SSSR count). The van der Waals surface area contributed by atoms with Crippen LogP contribution >= 0.6 is 0 Å². The van der Waals surface area contributed by atoms with Crippen LogP contribution < -0.4 is 20.1 Å². The first-order valence-electron chi connectivity index (χ1n) is 9.97. The van der Waals surface area contributed by atoms with Crippen molar-refractivity contribution >= 4 is 11.8 Å². The summed E-state index contributed by atoms with van der Waals surface area (Å²) in [6.45, 7) is 2.74. The molecule has 0 aliphatic rings. The van der Waals surface area contributed by atoms with Gasteiger partial charge in [0.25, 0.3) is 5.91 Å². The molecule has 8 heteroatoms. The molecule has 0 unspecified atom stereocenters. The predicted molar refractivity (Wildman–Crippen MR) is 115 cm³/mol. The quantitative estimate of drug-likeness (QED) is 0.519. The van der Waals surface area contributed by atoms with Crippen LogP contribution in [0.15, 0.2) is 59.1 Å². The van der Waals surface area contributed by atoms with Gasteiger partial charge < -0.3 is 24.6 Å². The van der Waals surface area contributed by atoms with Gasteiger partial charge in [-0.05, 0) is 24.1 Å². The second-order valence-corrected chi connectivity index (χ2v) is 6.74. The topological polar surface area (TPSA) is 103 Å². The molecule has 2 aromatic carbocycles. The number of methoxy groups -OCH3 is 1. The highest BCUT2D eigenvalue weighted by molar-refractivity contribution is 5.95. The Morgan fingerprint density at radius 2 is 1.84 bits per heavy atom. The van der Waals surface area contributed by atoms with E-state index in [4.69, 9.17) is 14.0 Å². The van der Waals surface area contributed by atoms with Gasteiger partial charge in [0.15, 0.2) is 23.0 Å². The first-order chi connectivity index (χ1) is 15.1. The smallest absolute Gasteiger partial charge is 0.273 e. The molecule has 0 fully saturated rings. The van der Waals surface area contributed by atoms with Crippen molar-refractivity contribution in [2.75, 3.05) is 20.3 Å². The summed E-state index contributed by atoms with van der Waals surface area (Å²) in [6.07, 6.45) is 0.897. The summed E-state index contributed by atoms with van der Waals surface area (Å²) < 4.78 is 16.2. The second kappa shape index (κ2) is 10.8. The normalized spacial score (nSPS) is 10.4. The summed E-state index contributed by atoms with van der Waals surface area (Å²) in [5, 5.41) is 9.06. The lowest BCUT2D eigenvalue weighted by Gasteiger charge is -2.12. The van der Waals surface area contributed by atoms with E-state index in [1.807, 2.05) is 55.5 Å². The molecule has 0 aliphatic heterocycles. The van der Waals surface area contributed by atoms with E-state index in [9.17, 15) is 9.59 Å². The molecule has 8 nitrogen and oxygen atoms in total. The Labute approximate surface area is 180 Å². The Balaban J connectivity index is 1.48. The van der Waals surface area contributed by atoms with Gasteiger partial charge in [0.05, 0.1) is 20.3 Å². The molecular weight excluding hydrogens is 398 g/mol. The van der Waals surface area contributed by atoms with Gasteiger partial charge in [0.2, 0.25) is 5.91 Å². The van der Waals surface area contributed by atoms with Gasteiger partial charge in [-0.2, -0.15) is 0 Å². The molecule has 0 radical (unpaired) electrons. The maximum absolute atomic E-state index is 12.2. The van der Waals surface area contributed by atoms with Crippen molar-refractivity contribution < 1.29 is 23.6 Å². The standard InChI is InChI=1S/C23H25N3O5/c1-3-11-30-19-10-9-16(12-21(19)29-2)14-24-22(27)15-25-23(28)18-13-20(31-26-18)17-7-5-4-6-8-17/h4-10,12-13H,3,11,14-15H2,1-2H3,(H,24,27)(H,25,28). The average molecular weight is 423 g/mol. The van der Waals surface area contributed by atoms with Crippen molar-refractivity contribution in [2.24, 2.45) is 0 Å². The third kappa shape index (κ3) is 6.08. The van der Waals surface area contributed by atoms with Crippen LogP contribution in [-0.2, 0) is 11.3 Å². The van der Waals surface area contributed by atoms with Crippen LogP contribution in [0.25, 0.3) is 11.3 Å². The van der Waals surface area contributed by atoms with E-state index in [1.165, 1.54) is 6.07 Å². The number of amides is 2. The van der Waals surface area contributed by atoms with E-state index in [1.54, 1.807) is 7.11 Å². The molecule has 1 heterocycles. The molecule has 3 aromatic rings. The number of hydrogen-bond donors (Lipinski definition) is 2. The molecule has 0 aliphatic carbocycles. The summed E-state index contributed by atoms with van der Waals surface area (Å²) in [6, 6.07) is 16.3. The Kier molecular flexibility index (Phi) is 7.64. The Hall–Kier alpha value is -3.81. The van der Waals surface area contributed by atoms with Gasteiger partial charge in [-0.1, -0.05) is 48.5 Å². The molecule has 0 spiro atoms. The van der Waals surface area contributed by atoms with Crippen LogP contribution in [0.2, 0.25) is 0 Å². The number of ether oxygens (including phenoxy) is 2. The van der Waals surface area contributed by atoms with Gasteiger partial charge in [0.1, 0.15) is 0 Å². The van der Waals surface area contributed by atoms with Crippen molar-refractivity contribution in [3.63, 3.8) is 0 Å². The first-order valence-corrected chi connectivity index (χ1v) is 9.97. The van der Waals surface area contributed by atoms with Crippen LogP contribution in [0.5, 0.6) is 11.5 Å². The molecule has 0 atom stereocenters. The van der Waals surface area contributed by atoms with E-state index in [0.717, 1.165) is 17.5 Å². The molecule has 1 aromatic heterocycles. The second-order valence-electron chi connectivity index (χ2n) is 6.74. The number of rotatable bonds is 10. The summed E-state index contributed by atoms with van der Waals surface area (Å²) in [7, 11) is 1.57. The van der Waals surface area contributed by atoms with Gasteiger partial charge in [-0.3, -0.25) is 9.59 Å². The fourth-order valence-electron chi connectivity index (χ4n) is 2.79. The predicted octanol–water partition coefficient (Wildman–Crippen LogP) is 3.19. The minimum absolute atomic E-state index is 0.110. The molecule has 31 heavy (non-hydrogen) atoms. The van der Waals surface area contributed by atoms with Crippen molar-refractivity contribution in [1.82, 2.24) is 15.8 Å². The van der Waals surface area contributed by atoms with Crippen molar-refractivity contribution in [3.8, 4) is 22.8 Å². The van der Waals surface area contributed by atoms with Gasteiger partial charge in [-0.15, -0.1) is 0 Å². The van der Waals surface area contributed by atoms with E-state index in [0.29, 0.717) is 30.4 Å². The molecule has 162 valence electrons. The van der Waals surface area contributed by atoms with Gasteiger partial charge in [0, 0.05) is 18.2 Å². The minimum Gasteiger partial charge on any atom is -0.493 e. The molecule has 2 amide bonds. The lowest BCUT2D eigenvalue weighted by Crippen LogP contribution is -2.36. The summed E-state index contributed by atoms with van der Waals surface area (Å²) >= 11 is 0. The van der Waals surface area contributed by atoms with Crippen LogP contribution in [0.4, 0.5) is 0 Å². The Morgan fingerprint density at radius 1 is 1.03 bits per heavy atom. The van der Waals surface area contributed by atoms with E-state index < -0.39 is 5.91 Å².